The number of halogens is 1. The molecule has 38 heavy (non-hydrogen) atoms. The predicted octanol–water partition coefficient (Wildman–Crippen LogP) is 5.59. The molecule has 0 saturated heterocycles. The van der Waals surface area contributed by atoms with Crippen molar-refractivity contribution in [2.75, 3.05) is 17.7 Å². The largest absolute Gasteiger partial charge is 0.494 e. The minimum Gasteiger partial charge on any atom is -0.494 e. The standard InChI is InChI=1S/C26H21FN6O4S/c1-2-37-18-10-8-17(9-11-18)32-25(20-14-28-22-6-4-3-5-19(20)22)30-31-26(32)38-15-24(34)29-16-7-12-21(27)23(13-16)33(35)36/h3-14,28H,2,15H2,1H3,(H,29,34). The molecule has 192 valence electrons. The summed E-state index contributed by atoms with van der Waals surface area (Å²) >= 11 is 1.15. The highest BCUT2D eigenvalue weighted by molar-refractivity contribution is 7.99. The molecule has 0 bridgehead atoms. The van der Waals surface area contributed by atoms with Crippen LogP contribution >= 0.6 is 11.8 Å². The molecule has 2 N–H and O–H groups in total. The van der Waals surface area contributed by atoms with Crippen molar-refractivity contribution in [2.45, 2.75) is 12.1 Å². The molecule has 0 saturated carbocycles. The second-order valence-electron chi connectivity index (χ2n) is 8.08. The van der Waals surface area contributed by atoms with Gasteiger partial charge in [-0.3, -0.25) is 19.5 Å². The fourth-order valence-corrected chi connectivity index (χ4v) is 4.69. The number of nitrogens with zero attached hydrogens (tertiary/aromatic N) is 4. The molecule has 3 aromatic carbocycles. The van der Waals surface area contributed by atoms with Crippen molar-refractivity contribution in [3.8, 4) is 22.8 Å². The molecule has 5 aromatic rings. The van der Waals surface area contributed by atoms with Crippen molar-refractivity contribution in [3.05, 3.63) is 88.9 Å². The van der Waals surface area contributed by atoms with Gasteiger partial charge in [0.2, 0.25) is 11.7 Å². The van der Waals surface area contributed by atoms with E-state index in [1.165, 1.54) is 6.07 Å². The van der Waals surface area contributed by atoms with Crippen LogP contribution in [-0.4, -0.2) is 42.9 Å². The summed E-state index contributed by atoms with van der Waals surface area (Å²) in [6.45, 7) is 2.45. The van der Waals surface area contributed by atoms with E-state index >= 15 is 0 Å². The predicted molar refractivity (Wildman–Crippen MR) is 142 cm³/mol. The van der Waals surface area contributed by atoms with Crippen molar-refractivity contribution >= 4 is 39.9 Å². The van der Waals surface area contributed by atoms with Crippen LogP contribution in [0.15, 0.2) is 78.1 Å². The first-order valence-electron chi connectivity index (χ1n) is 11.6. The zero-order valence-electron chi connectivity index (χ0n) is 20.1. The number of nitro groups is 1. The Kier molecular flexibility index (Phi) is 7.05. The Morgan fingerprint density at radius 2 is 1.95 bits per heavy atom. The van der Waals surface area contributed by atoms with Gasteiger partial charge in [0.15, 0.2) is 11.0 Å². The molecule has 10 nitrogen and oxygen atoms in total. The topological polar surface area (TPSA) is 128 Å². The first-order chi connectivity index (χ1) is 18.4. The zero-order chi connectivity index (χ0) is 26.6. The number of nitro benzene ring substituents is 1. The maximum absolute atomic E-state index is 13.6. The highest BCUT2D eigenvalue weighted by Gasteiger charge is 2.20. The second kappa shape index (κ2) is 10.7. The summed E-state index contributed by atoms with van der Waals surface area (Å²) in [5.74, 6) is -0.168. The summed E-state index contributed by atoms with van der Waals surface area (Å²) in [5, 5.41) is 23.8. The number of nitrogens with one attached hydrogen (secondary N) is 2. The summed E-state index contributed by atoms with van der Waals surface area (Å²) in [6.07, 6.45) is 1.86. The van der Waals surface area contributed by atoms with Gasteiger partial charge >= 0.3 is 5.69 Å². The number of benzene rings is 3. The number of rotatable bonds is 9. The van der Waals surface area contributed by atoms with Gasteiger partial charge in [-0.2, -0.15) is 4.39 Å². The van der Waals surface area contributed by atoms with Crippen molar-refractivity contribution in [1.82, 2.24) is 19.7 Å². The van der Waals surface area contributed by atoms with Gasteiger partial charge in [0.1, 0.15) is 5.75 Å². The van der Waals surface area contributed by atoms with Crippen molar-refractivity contribution < 1.29 is 18.8 Å². The highest BCUT2D eigenvalue weighted by atomic mass is 32.2. The molecular weight excluding hydrogens is 511 g/mol. The molecule has 2 aromatic heterocycles. The molecule has 0 aliphatic carbocycles. The Morgan fingerprint density at radius 3 is 2.71 bits per heavy atom. The fraction of sp³-hybridized carbons (Fsp3) is 0.115. The van der Waals surface area contributed by atoms with Crippen molar-refractivity contribution in [1.29, 1.82) is 0 Å². The van der Waals surface area contributed by atoms with E-state index < -0.39 is 22.3 Å². The molecule has 0 unspecified atom stereocenters. The summed E-state index contributed by atoms with van der Waals surface area (Å²) < 4.78 is 21.0. The van der Waals surface area contributed by atoms with E-state index in [2.05, 4.69) is 20.5 Å². The Labute approximate surface area is 220 Å². The Morgan fingerprint density at radius 1 is 1.16 bits per heavy atom. The summed E-state index contributed by atoms with van der Waals surface area (Å²) in [7, 11) is 0. The van der Waals surface area contributed by atoms with Crippen molar-refractivity contribution in [2.24, 2.45) is 0 Å². The third-order valence-corrected chi connectivity index (χ3v) is 6.56. The number of fused-ring (bicyclic) bond motifs is 1. The number of hydrogen-bond donors (Lipinski definition) is 2. The lowest BCUT2D eigenvalue weighted by Gasteiger charge is -2.11. The number of thioether (sulfide) groups is 1. The number of ether oxygens (including phenoxy) is 1. The van der Waals surface area contributed by atoms with Crippen molar-refractivity contribution in [3.63, 3.8) is 0 Å². The summed E-state index contributed by atoms with van der Waals surface area (Å²) in [6, 6.07) is 18.5. The van der Waals surface area contributed by atoms with Gasteiger partial charge in [-0.05, 0) is 49.4 Å². The van der Waals surface area contributed by atoms with Gasteiger partial charge < -0.3 is 15.0 Å². The van der Waals surface area contributed by atoms with Gasteiger partial charge in [0.05, 0.1) is 17.3 Å². The van der Waals surface area contributed by atoms with E-state index in [-0.39, 0.29) is 11.4 Å². The zero-order valence-corrected chi connectivity index (χ0v) is 20.9. The number of H-pyrrole nitrogens is 1. The molecule has 1 amide bonds. The second-order valence-corrected chi connectivity index (χ2v) is 9.02. The molecule has 0 aliphatic rings. The number of hydrogen-bond acceptors (Lipinski definition) is 7. The van der Waals surface area contributed by atoms with E-state index in [1.54, 1.807) is 0 Å². The van der Waals surface area contributed by atoms with Gasteiger partial charge in [0, 0.05) is 40.1 Å². The van der Waals surface area contributed by atoms with Gasteiger partial charge in [-0.1, -0.05) is 30.0 Å². The highest BCUT2D eigenvalue weighted by Crippen LogP contribution is 2.33. The van der Waals surface area contributed by atoms with Gasteiger partial charge in [0.25, 0.3) is 0 Å². The first kappa shape index (κ1) is 25.0. The number of aromatic amines is 1. The van der Waals surface area contributed by atoms with Crippen LogP contribution in [0.5, 0.6) is 5.75 Å². The number of para-hydroxylation sites is 1. The van der Waals surface area contributed by atoms with Gasteiger partial charge in [-0.15, -0.1) is 10.2 Å². The quantitative estimate of drug-likeness (QED) is 0.144. The van der Waals surface area contributed by atoms with E-state index in [1.807, 2.05) is 66.2 Å². The molecule has 0 spiro atoms. The number of anilines is 1. The first-order valence-corrected chi connectivity index (χ1v) is 12.5. The minimum atomic E-state index is -0.976. The third kappa shape index (κ3) is 5.06. The molecule has 2 heterocycles. The molecular formula is C26H21FN6O4S. The van der Waals surface area contributed by atoms with Gasteiger partial charge in [-0.25, -0.2) is 0 Å². The smallest absolute Gasteiger partial charge is 0.306 e. The number of carbonyl (C=O) groups excluding carboxylic acids is 1. The Hall–Kier alpha value is -4.71. The average molecular weight is 533 g/mol. The number of aromatic nitrogens is 4. The molecule has 0 radical (unpaired) electrons. The lowest BCUT2D eigenvalue weighted by atomic mass is 10.1. The minimum absolute atomic E-state index is 0.0613. The van der Waals surface area contributed by atoms with Crippen LogP contribution in [0.4, 0.5) is 15.8 Å². The van der Waals surface area contributed by atoms with Crippen LogP contribution in [0.1, 0.15) is 6.92 Å². The van der Waals surface area contributed by atoms with Crippen LogP contribution in [0.3, 0.4) is 0 Å². The summed E-state index contributed by atoms with van der Waals surface area (Å²) in [5.41, 5.74) is 1.98. The van der Waals surface area contributed by atoms with Crippen LogP contribution in [0.25, 0.3) is 28.0 Å². The Balaban J connectivity index is 1.44. The lowest BCUT2D eigenvalue weighted by Crippen LogP contribution is -2.15. The SMILES string of the molecule is CCOc1ccc(-n2c(SCC(=O)Nc3ccc(F)c([N+](=O)[O-])c3)nnc2-c2c[nH]c3ccccc23)cc1. The van der Waals surface area contributed by atoms with Crippen LogP contribution in [0, 0.1) is 15.9 Å². The van der Waals surface area contributed by atoms with E-state index in [4.69, 9.17) is 4.74 Å². The normalized spacial score (nSPS) is 11.0. The monoisotopic (exact) mass is 532 g/mol. The van der Waals surface area contributed by atoms with E-state index in [0.29, 0.717) is 17.6 Å². The third-order valence-electron chi connectivity index (χ3n) is 5.63. The van der Waals surface area contributed by atoms with Crippen LogP contribution in [-0.2, 0) is 4.79 Å². The molecule has 0 atom stereocenters. The average Bonchev–Trinajstić information content (AvgIpc) is 3.53. The lowest BCUT2D eigenvalue weighted by molar-refractivity contribution is -0.387. The van der Waals surface area contributed by atoms with Crippen LogP contribution in [0.2, 0.25) is 0 Å². The van der Waals surface area contributed by atoms with E-state index in [0.717, 1.165) is 51.8 Å². The number of amides is 1. The number of carbonyl (C=O) groups is 1. The Bertz CT molecular complexity index is 1630. The molecule has 0 aliphatic heterocycles. The molecule has 5 rings (SSSR count). The summed E-state index contributed by atoms with van der Waals surface area (Å²) in [4.78, 5) is 26.1. The fourth-order valence-electron chi connectivity index (χ4n) is 3.94. The van der Waals surface area contributed by atoms with Crippen LogP contribution < -0.4 is 10.1 Å². The maximum Gasteiger partial charge on any atom is 0.306 e. The molecule has 0 fully saturated rings. The molecule has 12 heteroatoms. The maximum atomic E-state index is 13.6. The van der Waals surface area contributed by atoms with E-state index in [9.17, 15) is 19.3 Å².